The molecule has 0 bridgehead atoms. The molecule has 0 N–H and O–H groups in total. The number of hydrogen-bond acceptors (Lipinski definition) is 9. The minimum atomic E-state index is -0.856. The number of nitrogens with zero attached hydrogens (tertiary/aromatic N) is 3. The molecule has 0 unspecified atom stereocenters. The predicted octanol–water partition coefficient (Wildman–Crippen LogP) is 3.18. The Kier molecular flexibility index (Phi) is 5.27. The summed E-state index contributed by atoms with van der Waals surface area (Å²) in [7, 11) is 4.51. The number of hydrogen-bond donors (Lipinski definition) is 0. The summed E-state index contributed by atoms with van der Waals surface area (Å²) in [5, 5.41) is 6.42. The average molecular weight is 458 g/mol. The van der Waals surface area contributed by atoms with Crippen LogP contribution in [0.5, 0.6) is 0 Å². The molecule has 0 fully saturated rings. The lowest BCUT2D eigenvalue weighted by atomic mass is 10.3. The van der Waals surface area contributed by atoms with Crippen molar-refractivity contribution in [1.29, 1.82) is 0 Å². The van der Waals surface area contributed by atoms with Gasteiger partial charge in [0.25, 0.3) is 0 Å². The topological polar surface area (TPSA) is 71.4 Å². The van der Waals surface area contributed by atoms with Crippen LogP contribution in [0.4, 0.5) is 5.69 Å². The SMILES string of the molecule is COC(=O)C1=NN(c2ccc(Br)cc2)[C@]2(S1)SC(C(=O)OC)=C(C)N2C. The molecular weight excluding hydrogens is 442 g/mol. The van der Waals surface area contributed by atoms with E-state index >= 15 is 0 Å². The van der Waals surface area contributed by atoms with Gasteiger partial charge in [0, 0.05) is 17.2 Å². The second-order valence-electron chi connectivity index (χ2n) is 5.40. The van der Waals surface area contributed by atoms with Crippen LogP contribution in [-0.4, -0.2) is 47.5 Å². The Morgan fingerprint density at radius 2 is 1.73 bits per heavy atom. The van der Waals surface area contributed by atoms with E-state index in [4.69, 9.17) is 9.47 Å². The van der Waals surface area contributed by atoms with E-state index in [-0.39, 0.29) is 5.04 Å². The van der Waals surface area contributed by atoms with Crippen molar-refractivity contribution in [3.63, 3.8) is 0 Å². The van der Waals surface area contributed by atoms with Crippen molar-refractivity contribution >= 4 is 62.1 Å². The Balaban J connectivity index is 2.06. The molecule has 0 aliphatic carbocycles. The van der Waals surface area contributed by atoms with Gasteiger partial charge in [-0.2, -0.15) is 5.10 Å². The van der Waals surface area contributed by atoms with Gasteiger partial charge in [-0.05, 0) is 43.0 Å². The molecule has 1 aromatic rings. The van der Waals surface area contributed by atoms with Crippen molar-refractivity contribution in [2.45, 2.75) is 11.3 Å². The van der Waals surface area contributed by atoms with Crippen molar-refractivity contribution in [2.24, 2.45) is 5.10 Å². The van der Waals surface area contributed by atoms with Crippen LogP contribution in [0.1, 0.15) is 6.92 Å². The second kappa shape index (κ2) is 7.16. The van der Waals surface area contributed by atoms with E-state index in [0.717, 1.165) is 15.9 Å². The molecule has 10 heteroatoms. The molecule has 1 spiro atoms. The second-order valence-corrected chi connectivity index (χ2v) is 8.92. The van der Waals surface area contributed by atoms with Crippen molar-refractivity contribution in [2.75, 3.05) is 26.3 Å². The molecular formula is C16H16BrN3O4S2. The Bertz CT molecular complexity index is 827. The maximum Gasteiger partial charge on any atom is 0.365 e. The molecule has 1 aromatic carbocycles. The number of allylic oxidation sites excluding steroid dienone is 1. The minimum Gasteiger partial charge on any atom is -0.465 e. The average Bonchev–Trinajstić information content (AvgIpc) is 3.15. The molecule has 1 atom stereocenters. The smallest absolute Gasteiger partial charge is 0.365 e. The maximum atomic E-state index is 12.2. The highest BCUT2D eigenvalue weighted by molar-refractivity contribution is 9.10. The number of carbonyl (C=O) groups excluding carboxylic acids is 2. The number of benzene rings is 1. The van der Waals surface area contributed by atoms with E-state index in [2.05, 4.69) is 21.0 Å². The summed E-state index contributed by atoms with van der Waals surface area (Å²) in [5.41, 5.74) is 1.52. The summed E-state index contributed by atoms with van der Waals surface area (Å²) in [4.78, 5) is 26.7. The lowest BCUT2D eigenvalue weighted by Crippen LogP contribution is -2.47. The fraction of sp³-hybridized carbons (Fsp3) is 0.312. The third-order valence-electron chi connectivity index (χ3n) is 3.98. The zero-order chi connectivity index (χ0) is 19.1. The number of thioether (sulfide) groups is 2. The zero-order valence-electron chi connectivity index (χ0n) is 14.5. The predicted molar refractivity (Wildman–Crippen MR) is 106 cm³/mol. The number of hydrazone groups is 1. The van der Waals surface area contributed by atoms with Crippen molar-refractivity contribution in [3.8, 4) is 0 Å². The van der Waals surface area contributed by atoms with Crippen LogP contribution >= 0.6 is 39.5 Å². The van der Waals surface area contributed by atoms with Gasteiger partial charge >= 0.3 is 11.9 Å². The Hall–Kier alpha value is -1.65. The Morgan fingerprint density at radius 1 is 1.12 bits per heavy atom. The first-order valence-corrected chi connectivity index (χ1v) is 9.90. The largest absolute Gasteiger partial charge is 0.465 e. The molecule has 0 aromatic heterocycles. The Labute approximate surface area is 167 Å². The molecule has 7 nitrogen and oxygen atoms in total. The molecule has 0 radical (unpaired) electrons. The van der Waals surface area contributed by atoms with Gasteiger partial charge in [-0.25, -0.2) is 14.6 Å². The van der Waals surface area contributed by atoms with E-state index in [9.17, 15) is 9.59 Å². The summed E-state index contributed by atoms with van der Waals surface area (Å²) >= 11 is 5.94. The molecule has 3 rings (SSSR count). The number of halogens is 1. The van der Waals surface area contributed by atoms with Gasteiger partial charge in [0.05, 0.1) is 19.9 Å². The third-order valence-corrected chi connectivity index (χ3v) is 7.54. The van der Waals surface area contributed by atoms with Gasteiger partial charge in [-0.15, -0.1) is 0 Å². The van der Waals surface area contributed by atoms with E-state index in [0.29, 0.717) is 4.91 Å². The number of carbonyl (C=O) groups is 2. The van der Waals surface area contributed by atoms with Crippen LogP contribution in [0.2, 0.25) is 0 Å². The summed E-state index contributed by atoms with van der Waals surface area (Å²) in [5.74, 6) is -0.939. The number of rotatable bonds is 3. The van der Waals surface area contributed by atoms with E-state index in [1.165, 1.54) is 37.7 Å². The standard InChI is InChI=1S/C16H16BrN3O4S2/c1-9-12(14(21)23-3)25-16(19(9)2)20(11-7-5-10(17)6-8-11)18-13(26-16)15(22)24-4/h5-8H,1-4H3/t16-/m0/s1. The van der Waals surface area contributed by atoms with Crippen LogP contribution < -0.4 is 5.01 Å². The molecule has 0 saturated carbocycles. The molecule has 138 valence electrons. The molecule has 2 aliphatic heterocycles. The van der Waals surface area contributed by atoms with Gasteiger partial charge < -0.3 is 14.4 Å². The van der Waals surface area contributed by atoms with Gasteiger partial charge in [0.1, 0.15) is 4.91 Å². The highest BCUT2D eigenvalue weighted by Crippen LogP contribution is 2.58. The summed E-state index contributed by atoms with van der Waals surface area (Å²) < 4.78 is 9.81. The molecule has 2 heterocycles. The maximum absolute atomic E-state index is 12.2. The van der Waals surface area contributed by atoms with Crippen molar-refractivity contribution < 1.29 is 19.1 Å². The fourth-order valence-corrected chi connectivity index (χ4v) is 5.70. The first kappa shape index (κ1) is 19.1. The fourth-order valence-electron chi connectivity index (χ4n) is 2.51. The van der Waals surface area contributed by atoms with Crippen LogP contribution in [-0.2, 0) is 19.1 Å². The highest BCUT2D eigenvalue weighted by atomic mass is 79.9. The number of ether oxygens (including phenoxy) is 2. The van der Waals surface area contributed by atoms with Crippen molar-refractivity contribution in [3.05, 3.63) is 39.3 Å². The van der Waals surface area contributed by atoms with Crippen LogP contribution in [0, 0.1) is 0 Å². The Morgan fingerprint density at radius 3 is 2.31 bits per heavy atom. The number of esters is 2. The summed E-state index contributed by atoms with van der Waals surface area (Å²) in [6.45, 7) is 1.84. The lowest BCUT2D eigenvalue weighted by molar-refractivity contribution is -0.135. The molecule has 0 amide bonds. The zero-order valence-corrected chi connectivity index (χ0v) is 17.7. The molecule has 26 heavy (non-hydrogen) atoms. The number of methoxy groups -OCH3 is 2. The summed E-state index contributed by atoms with van der Waals surface area (Å²) in [6.07, 6.45) is 0. The lowest BCUT2D eigenvalue weighted by Gasteiger charge is -2.39. The van der Waals surface area contributed by atoms with E-state index < -0.39 is 16.3 Å². The number of anilines is 1. The monoisotopic (exact) mass is 457 g/mol. The van der Waals surface area contributed by atoms with E-state index in [1.54, 1.807) is 5.01 Å². The molecule has 0 saturated heterocycles. The molecule has 2 aliphatic rings. The van der Waals surface area contributed by atoms with Gasteiger partial charge in [-0.3, -0.25) is 0 Å². The first-order chi connectivity index (χ1) is 12.3. The first-order valence-electron chi connectivity index (χ1n) is 7.48. The van der Waals surface area contributed by atoms with E-state index in [1.807, 2.05) is 43.1 Å². The van der Waals surface area contributed by atoms with Gasteiger partial charge in [0.15, 0.2) is 0 Å². The van der Waals surface area contributed by atoms with Crippen molar-refractivity contribution in [1.82, 2.24) is 4.90 Å². The summed E-state index contributed by atoms with van der Waals surface area (Å²) in [6, 6.07) is 7.55. The third kappa shape index (κ3) is 2.99. The van der Waals surface area contributed by atoms with Crippen LogP contribution in [0.15, 0.2) is 44.4 Å². The van der Waals surface area contributed by atoms with Gasteiger partial charge in [-0.1, -0.05) is 27.7 Å². The normalized spacial score (nSPS) is 22.1. The van der Waals surface area contributed by atoms with Crippen LogP contribution in [0.25, 0.3) is 0 Å². The van der Waals surface area contributed by atoms with Gasteiger partial charge in [0.2, 0.25) is 9.37 Å². The quantitative estimate of drug-likeness (QED) is 0.640. The highest BCUT2D eigenvalue weighted by Gasteiger charge is 2.56. The minimum absolute atomic E-state index is 0.216. The van der Waals surface area contributed by atoms with Crippen LogP contribution in [0.3, 0.4) is 0 Å².